The van der Waals surface area contributed by atoms with Crippen molar-refractivity contribution in [3.8, 4) is 0 Å². The van der Waals surface area contributed by atoms with Crippen LogP contribution in [0.3, 0.4) is 0 Å². The number of benzene rings is 2. The lowest BCUT2D eigenvalue weighted by Gasteiger charge is -2.26. The molecule has 2 aromatic carbocycles. The van der Waals surface area contributed by atoms with Gasteiger partial charge in [0, 0.05) is 18.7 Å². The van der Waals surface area contributed by atoms with Crippen LogP contribution in [0.2, 0.25) is 0 Å². The maximum atomic E-state index is 13.1. The molecule has 0 aromatic heterocycles. The maximum Gasteiger partial charge on any atom is 0.251 e. The third kappa shape index (κ3) is 5.36. The molecule has 5 nitrogen and oxygen atoms in total. The van der Waals surface area contributed by atoms with E-state index in [1.165, 1.54) is 11.6 Å². The zero-order chi connectivity index (χ0) is 22.8. The van der Waals surface area contributed by atoms with Crippen molar-refractivity contribution in [2.75, 3.05) is 13.1 Å². The first kappa shape index (κ1) is 23.5. The Morgan fingerprint density at radius 1 is 1.00 bits per heavy atom. The standard InChI is InChI=1S/C25H34N2O3S/c1-18-9-10-21(17-23(18)31(29,30)27-15-7-6-8-16-27)24(28)26-19(2)20-11-13-22(14-12-20)25(3,4)5/h9-14,17,19H,6-8,15-16H2,1-5H3,(H,26,28)/t19-/m0/s1. The van der Waals surface area contributed by atoms with Gasteiger partial charge in [-0.05, 0) is 60.9 Å². The average molecular weight is 443 g/mol. The molecule has 1 atom stereocenters. The lowest BCUT2D eigenvalue weighted by molar-refractivity contribution is 0.0939. The summed E-state index contributed by atoms with van der Waals surface area (Å²) in [5.41, 5.74) is 3.34. The Labute approximate surface area is 186 Å². The first-order chi connectivity index (χ1) is 14.5. The van der Waals surface area contributed by atoms with Crippen LogP contribution in [0.25, 0.3) is 0 Å². The first-order valence-corrected chi connectivity index (χ1v) is 12.5. The summed E-state index contributed by atoms with van der Waals surface area (Å²) in [5, 5.41) is 3.00. The van der Waals surface area contributed by atoms with E-state index in [0.717, 1.165) is 24.8 Å². The molecular formula is C25H34N2O3S. The number of piperidine rings is 1. The van der Waals surface area contributed by atoms with Gasteiger partial charge in [-0.2, -0.15) is 4.31 Å². The van der Waals surface area contributed by atoms with E-state index in [0.29, 0.717) is 24.2 Å². The van der Waals surface area contributed by atoms with Crippen molar-refractivity contribution in [3.63, 3.8) is 0 Å². The van der Waals surface area contributed by atoms with Crippen LogP contribution in [-0.4, -0.2) is 31.7 Å². The second kappa shape index (κ2) is 9.13. The van der Waals surface area contributed by atoms with Crippen LogP contribution >= 0.6 is 0 Å². The van der Waals surface area contributed by atoms with Crippen LogP contribution in [0, 0.1) is 6.92 Å². The molecule has 31 heavy (non-hydrogen) atoms. The van der Waals surface area contributed by atoms with Crippen molar-refractivity contribution in [2.45, 2.75) is 70.2 Å². The highest BCUT2D eigenvalue weighted by molar-refractivity contribution is 7.89. The number of carbonyl (C=O) groups excluding carboxylic acids is 1. The number of hydrogen-bond acceptors (Lipinski definition) is 3. The van der Waals surface area contributed by atoms with E-state index >= 15 is 0 Å². The summed E-state index contributed by atoms with van der Waals surface area (Å²) in [7, 11) is -3.59. The number of rotatable bonds is 5. The molecule has 1 fully saturated rings. The molecule has 1 aliphatic rings. The van der Waals surface area contributed by atoms with Crippen LogP contribution in [0.15, 0.2) is 47.4 Å². The van der Waals surface area contributed by atoms with Crippen LogP contribution in [0.5, 0.6) is 0 Å². The normalized spacial score (nSPS) is 16.7. The van der Waals surface area contributed by atoms with Crippen LogP contribution in [0.1, 0.15) is 80.0 Å². The highest BCUT2D eigenvalue weighted by Gasteiger charge is 2.28. The number of aryl methyl sites for hydroxylation is 1. The number of carbonyl (C=O) groups is 1. The topological polar surface area (TPSA) is 66.5 Å². The Morgan fingerprint density at radius 2 is 1.61 bits per heavy atom. The molecule has 1 aliphatic heterocycles. The Bertz CT molecular complexity index is 1030. The monoisotopic (exact) mass is 442 g/mol. The summed E-state index contributed by atoms with van der Waals surface area (Å²) >= 11 is 0. The average Bonchev–Trinajstić information content (AvgIpc) is 2.74. The number of hydrogen-bond donors (Lipinski definition) is 1. The zero-order valence-corrected chi connectivity index (χ0v) is 20.1. The Hall–Kier alpha value is -2.18. The largest absolute Gasteiger partial charge is 0.346 e. The summed E-state index contributed by atoms with van der Waals surface area (Å²) in [6.45, 7) is 11.3. The van der Waals surface area contributed by atoms with Crippen molar-refractivity contribution >= 4 is 15.9 Å². The van der Waals surface area contributed by atoms with Gasteiger partial charge in [-0.15, -0.1) is 0 Å². The predicted octanol–water partition coefficient (Wildman–Crippen LogP) is 4.96. The van der Waals surface area contributed by atoms with Gasteiger partial charge in [-0.1, -0.05) is 57.5 Å². The van der Waals surface area contributed by atoms with Crippen molar-refractivity contribution in [1.82, 2.24) is 9.62 Å². The van der Waals surface area contributed by atoms with E-state index in [-0.39, 0.29) is 22.3 Å². The van der Waals surface area contributed by atoms with Gasteiger partial charge in [-0.3, -0.25) is 4.79 Å². The molecule has 0 bridgehead atoms. The highest BCUT2D eigenvalue weighted by atomic mass is 32.2. The molecule has 1 amide bonds. The fourth-order valence-corrected chi connectivity index (χ4v) is 5.67. The first-order valence-electron chi connectivity index (χ1n) is 11.0. The quantitative estimate of drug-likeness (QED) is 0.712. The van der Waals surface area contributed by atoms with E-state index in [1.807, 2.05) is 19.1 Å². The molecule has 0 saturated carbocycles. The fraction of sp³-hybridized carbons (Fsp3) is 0.480. The van der Waals surface area contributed by atoms with E-state index in [2.05, 4.69) is 38.2 Å². The van der Waals surface area contributed by atoms with Gasteiger partial charge in [0.1, 0.15) is 0 Å². The van der Waals surface area contributed by atoms with Crippen molar-refractivity contribution in [1.29, 1.82) is 0 Å². The smallest absolute Gasteiger partial charge is 0.251 e. The second-order valence-corrected chi connectivity index (χ2v) is 11.4. The minimum atomic E-state index is -3.59. The molecule has 0 radical (unpaired) electrons. The van der Waals surface area contributed by atoms with Gasteiger partial charge in [-0.25, -0.2) is 8.42 Å². The number of sulfonamides is 1. The number of amides is 1. The van der Waals surface area contributed by atoms with Crippen molar-refractivity contribution in [3.05, 3.63) is 64.7 Å². The minimum absolute atomic E-state index is 0.0726. The van der Waals surface area contributed by atoms with Gasteiger partial charge >= 0.3 is 0 Å². The molecule has 3 rings (SSSR count). The van der Waals surface area contributed by atoms with Gasteiger partial charge in [0.2, 0.25) is 10.0 Å². The lowest BCUT2D eigenvalue weighted by Crippen LogP contribution is -2.36. The van der Waals surface area contributed by atoms with Crippen LogP contribution in [0.4, 0.5) is 0 Å². The minimum Gasteiger partial charge on any atom is -0.346 e. The zero-order valence-electron chi connectivity index (χ0n) is 19.2. The SMILES string of the molecule is Cc1ccc(C(=O)N[C@@H](C)c2ccc(C(C)(C)C)cc2)cc1S(=O)(=O)N1CCCCC1. The lowest BCUT2D eigenvalue weighted by atomic mass is 9.86. The highest BCUT2D eigenvalue weighted by Crippen LogP contribution is 2.26. The molecule has 0 aliphatic carbocycles. The van der Waals surface area contributed by atoms with E-state index in [4.69, 9.17) is 0 Å². The van der Waals surface area contributed by atoms with Crippen LogP contribution in [-0.2, 0) is 15.4 Å². The van der Waals surface area contributed by atoms with Gasteiger partial charge in [0.05, 0.1) is 10.9 Å². The summed E-state index contributed by atoms with van der Waals surface area (Å²) in [6, 6.07) is 13.0. The van der Waals surface area contributed by atoms with Gasteiger partial charge in [0.25, 0.3) is 5.91 Å². The Balaban J connectivity index is 1.78. The summed E-state index contributed by atoms with van der Waals surface area (Å²) in [6.07, 6.45) is 2.82. The summed E-state index contributed by atoms with van der Waals surface area (Å²) in [5.74, 6) is -0.275. The Kier molecular flexibility index (Phi) is 6.92. The molecule has 2 aromatic rings. The molecule has 6 heteroatoms. The van der Waals surface area contributed by atoms with Crippen molar-refractivity contribution < 1.29 is 13.2 Å². The summed E-state index contributed by atoms with van der Waals surface area (Å²) < 4.78 is 27.8. The van der Waals surface area contributed by atoms with Crippen LogP contribution < -0.4 is 5.32 Å². The third-order valence-corrected chi connectivity index (χ3v) is 8.05. The number of nitrogens with one attached hydrogen (secondary N) is 1. The number of nitrogens with zero attached hydrogens (tertiary/aromatic N) is 1. The van der Waals surface area contributed by atoms with Crippen molar-refractivity contribution in [2.24, 2.45) is 0 Å². The van der Waals surface area contributed by atoms with Gasteiger partial charge in [0.15, 0.2) is 0 Å². The molecule has 0 unspecified atom stereocenters. The third-order valence-electron chi connectivity index (χ3n) is 6.01. The molecule has 168 valence electrons. The van der Waals surface area contributed by atoms with E-state index in [1.54, 1.807) is 23.4 Å². The van der Waals surface area contributed by atoms with E-state index < -0.39 is 10.0 Å². The van der Waals surface area contributed by atoms with E-state index in [9.17, 15) is 13.2 Å². The Morgan fingerprint density at radius 3 is 2.19 bits per heavy atom. The summed E-state index contributed by atoms with van der Waals surface area (Å²) in [4.78, 5) is 13.1. The van der Waals surface area contributed by atoms with Gasteiger partial charge < -0.3 is 5.32 Å². The maximum absolute atomic E-state index is 13.1. The molecule has 1 N–H and O–H groups in total. The molecule has 0 spiro atoms. The molecular weight excluding hydrogens is 408 g/mol. The second-order valence-electron chi connectivity index (χ2n) is 9.51. The molecule has 1 saturated heterocycles. The molecule has 1 heterocycles. The predicted molar refractivity (Wildman–Crippen MR) is 125 cm³/mol. The fourth-order valence-electron chi connectivity index (χ4n) is 3.90.